The van der Waals surface area contributed by atoms with Gasteiger partial charge in [-0.25, -0.2) is 5.43 Å². The summed E-state index contributed by atoms with van der Waals surface area (Å²) in [6, 6.07) is 13.3. The molecule has 1 unspecified atom stereocenters. The van der Waals surface area contributed by atoms with Crippen LogP contribution in [0, 0.1) is 0 Å². The lowest BCUT2D eigenvalue weighted by Gasteiger charge is -2.15. The lowest BCUT2D eigenvalue weighted by molar-refractivity contribution is 0.646. The van der Waals surface area contributed by atoms with Crippen LogP contribution >= 0.6 is 22.7 Å². The molecule has 2 aromatic heterocycles. The Hall–Kier alpha value is -1.20. The van der Waals surface area contributed by atoms with Crippen molar-refractivity contribution in [1.82, 2.24) is 5.43 Å². The summed E-state index contributed by atoms with van der Waals surface area (Å²) in [5, 5.41) is 2.13. The van der Waals surface area contributed by atoms with Crippen LogP contribution in [0.2, 0.25) is 0 Å². The fourth-order valence-electron chi connectivity index (χ4n) is 2.43. The first kappa shape index (κ1) is 13.8. The smallest absolute Gasteiger partial charge is 0.0803 e. The molecule has 0 bridgehead atoms. The highest BCUT2D eigenvalue weighted by Crippen LogP contribution is 2.35. The van der Waals surface area contributed by atoms with E-state index in [1.165, 1.54) is 31.8 Å². The fourth-order valence-corrected chi connectivity index (χ4v) is 4.64. The number of nitrogens with one attached hydrogen (secondary N) is 1. The van der Waals surface area contributed by atoms with Crippen molar-refractivity contribution in [3.8, 4) is 0 Å². The molecule has 0 fully saturated rings. The second-order valence-corrected chi connectivity index (χ2v) is 6.95. The van der Waals surface area contributed by atoms with Crippen molar-refractivity contribution in [2.24, 2.45) is 5.84 Å². The van der Waals surface area contributed by atoms with E-state index < -0.39 is 0 Å². The van der Waals surface area contributed by atoms with Gasteiger partial charge in [0.05, 0.1) is 6.04 Å². The van der Waals surface area contributed by atoms with Crippen LogP contribution in [0.25, 0.3) is 9.40 Å². The van der Waals surface area contributed by atoms with Crippen LogP contribution in [0.3, 0.4) is 0 Å². The van der Waals surface area contributed by atoms with Crippen molar-refractivity contribution in [2.45, 2.75) is 25.8 Å². The van der Waals surface area contributed by atoms with Crippen molar-refractivity contribution in [3.63, 3.8) is 0 Å². The highest BCUT2D eigenvalue weighted by Gasteiger charge is 2.15. The number of nitrogens with two attached hydrogens (primary N) is 1. The Morgan fingerprint density at radius 2 is 1.95 bits per heavy atom. The lowest BCUT2D eigenvalue weighted by atomic mass is 10.0. The van der Waals surface area contributed by atoms with Crippen LogP contribution in [-0.2, 0) is 6.42 Å². The number of hydrogen-bond acceptors (Lipinski definition) is 4. The Kier molecular flexibility index (Phi) is 4.17. The highest BCUT2D eigenvalue weighted by atomic mass is 32.1. The molecular formula is C16H18N2S2. The van der Waals surface area contributed by atoms with Crippen LogP contribution in [0.1, 0.15) is 35.4 Å². The molecule has 20 heavy (non-hydrogen) atoms. The van der Waals surface area contributed by atoms with Gasteiger partial charge in [0, 0.05) is 14.3 Å². The van der Waals surface area contributed by atoms with Gasteiger partial charge in [-0.05, 0) is 35.1 Å². The van der Waals surface area contributed by atoms with Crippen LogP contribution in [-0.4, -0.2) is 0 Å². The van der Waals surface area contributed by atoms with E-state index in [4.69, 9.17) is 5.84 Å². The Morgan fingerprint density at radius 1 is 1.15 bits per heavy atom. The minimum absolute atomic E-state index is 0.0790. The summed E-state index contributed by atoms with van der Waals surface area (Å²) >= 11 is 3.60. The van der Waals surface area contributed by atoms with E-state index in [0.29, 0.717) is 0 Å². The molecule has 0 radical (unpaired) electrons. The predicted molar refractivity (Wildman–Crippen MR) is 89.3 cm³/mol. The van der Waals surface area contributed by atoms with Gasteiger partial charge in [-0.15, -0.1) is 22.7 Å². The van der Waals surface area contributed by atoms with Gasteiger partial charge in [0.1, 0.15) is 0 Å². The first-order chi connectivity index (χ1) is 9.81. The topological polar surface area (TPSA) is 38.0 Å². The van der Waals surface area contributed by atoms with E-state index in [1.54, 1.807) is 11.3 Å². The van der Waals surface area contributed by atoms with Gasteiger partial charge in [-0.1, -0.05) is 37.6 Å². The van der Waals surface area contributed by atoms with E-state index in [-0.39, 0.29) is 6.04 Å². The molecule has 3 N–H and O–H groups in total. The highest BCUT2D eigenvalue weighted by molar-refractivity contribution is 7.27. The van der Waals surface area contributed by atoms with Crippen molar-refractivity contribution in [3.05, 3.63) is 57.8 Å². The average Bonchev–Trinajstić information content (AvgIpc) is 3.03. The number of fused-ring (bicyclic) bond motifs is 1. The third-order valence-electron chi connectivity index (χ3n) is 3.46. The van der Waals surface area contributed by atoms with Gasteiger partial charge in [-0.3, -0.25) is 5.84 Å². The van der Waals surface area contributed by atoms with Gasteiger partial charge in [0.25, 0.3) is 0 Å². The largest absolute Gasteiger partial charge is 0.271 e. The Bertz CT molecular complexity index is 653. The molecule has 2 nitrogen and oxygen atoms in total. The molecular weight excluding hydrogens is 284 g/mol. The van der Waals surface area contributed by atoms with Crippen LogP contribution in [0.5, 0.6) is 0 Å². The SMILES string of the molecule is CCCc1ccc(C(NN)c2cc3sccc3s2)cc1. The molecule has 0 aliphatic carbocycles. The number of rotatable bonds is 5. The van der Waals surface area contributed by atoms with Gasteiger partial charge < -0.3 is 0 Å². The van der Waals surface area contributed by atoms with Gasteiger partial charge in [0.15, 0.2) is 0 Å². The summed E-state index contributed by atoms with van der Waals surface area (Å²) in [5.41, 5.74) is 5.56. The van der Waals surface area contributed by atoms with Crippen molar-refractivity contribution in [1.29, 1.82) is 0 Å². The first-order valence-corrected chi connectivity index (χ1v) is 8.53. The average molecular weight is 302 g/mol. The van der Waals surface area contributed by atoms with E-state index in [9.17, 15) is 0 Å². The second-order valence-electron chi connectivity index (χ2n) is 4.89. The number of hydrogen-bond donors (Lipinski definition) is 2. The normalized spacial score (nSPS) is 12.9. The fraction of sp³-hybridized carbons (Fsp3) is 0.250. The van der Waals surface area contributed by atoms with Gasteiger partial charge >= 0.3 is 0 Å². The third-order valence-corrected chi connectivity index (χ3v) is 5.62. The summed E-state index contributed by atoms with van der Waals surface area (Å²) in [4.78, 5) is 1.28. The molecule has 0 saturated carbocycles. The van der Waals surface area contributed by atoms with Crippen LogP contribution in [0.4, 0.5) is 0 Å². The molecule has 104 valence electrons. The monoisotopic (exact) mass is 302 g/mol. The summed E-state index contributed by atoms with van der Waals surface area (Å²) in [7, 11) is 0. The molecule has 2 heterocycles. The van der Waals surface area contributed by atoms with E-state index in [2.05, 4.69) is 54.1 Å². The summed E-state index contributed by atoms with van der Waals surface area (Å²) in [5.74, 6) is 5.78. The van der Waals surface area contributed by atoms with Crippen LogP contribution < -0.4 is 11.3 Å². The van der Waals surface area contributed by atoms with Gasteiger partial charge in [-0.2, -0.15) is 0 Å². The van der Waals surface area contributed by atoms with E-state index in [1.807, 2.05) is 11.3 Å². The number of aryl methyl sites for hydroxylation is 1. The summed E-state index contributed by atoms with van der Waals surface area (Å²) in [6.07, 6.45) is 2.31. The van der Waals surface area contributed by atoms with Gasteiger partial charge in [0.2, 0.25) is 0 Å². The molecule has 0 amide bonds. The molecule has 0 aliphatic heterocycles. The number of benzene rings is 1. The van der Waals surface area contributed by atoms with E-state index in [0.717, 1.165) is 6.42 Å². The second kappa shape index (κ2) is 6.06. The maximum atomic E-state index is 5.78. The zero-order valence-electron chi connectivity index (χ0n) is 11.4. The lowest BCUT2D eigenvalue weighted by Crippen LogP contribution is -2.28. The molecule has 3 rings (SSSR count). The predicted octanol–water partition coefficient (Wildman–Crippen LogP) is 4.47. The maximum Gasteiger partial charge on any atom is 0.0803 e. The molecule has 1 aromatic carbocycles. The third kappa shape index (κ3) is 2.65. The zero-order chi connectivity index (χ0) is 13.9. The number of thiophene rings is 2. The molecule has 0 spiro atoms. The zero-order valence-corrected chi connectivity index (χ0v) is 13.1. The molecule has 3 aromatic rings. The quantitative estimate of drug-likeness (QED) is 0.539. The minimum Gasteiger partial charge on any atom is -0.271 e. The maximum absolute atomic E-state index is 5.78. The Morgan fingerprint density at radius 3 is 2.60 bits per heavy atom. The Balaban J connectivity index is 1.90. The summed E-state index contributed by atoms with van der Waals surface area (Å²) in [6.45, 7) is 2.20. The van der Waals surface area contributed by atoms with Crippen molar-refractivity contribution >= 4 is 32.1 Å². The van der Waals surface area contributed by atoms with E-state index >= 15 is 0 Å². The molecule has 0 saturated heterocycles. The molecule has 4 heteroatoms. The van der Waals surface area contributed by atoms with Crippen molar-refractivity contribution in [2.75, 3.05) is 0 Å². The number of hydrazine groups is 1. The summed E-state index contributed by atoms with van der Waals surface area (Å²) < 4.78 is 2.68. The molecule has 0 aliphatic rings. The van der Waals surface area contributed by atoms with Crippen molar-refractivity contribution < 1.29 is 0 Å². The van der Waals surface area contributed by atoms with Crippen LogP contribution in [0.15, 0.2) is 41.8 Å². The minimum atomic E-state index is 0.0790. The Labute approximate surface area is 127 Å². The molecule has 1 atom stereocenters. The standard InChI is InChI=1S/C16H18N2S2/c1-2-3-11-4-6-12(7-5-11)16(18-17)15-10-14-13(20-15)8-9-19-14/h4-10,16,18H,2-3,17H2,1H3. The first-order valence-electron chi connectivity index (χ1n) is 6.83.